The number of ether oxygens (including phenoxy) is 2. The molecule has 0 radical (unpaired) electrons. The second-order valence-corrected chi connectivity index (χ2v) is 15.5. The van der Waals surface area contributed by atoms with Gasteiger partial charge in [0, 0.05) is 12.8 Å². The quantitative estimate of drug-likeness (QED) is 0.0384. The van der Waals surface area contributed by atoms with Gasteiger partial charge in [0.1, 0.15) is 6.61 Å². The maximum absolute atomic E-state index is 12.2. The molecule has 0 aliphatic rings. The number of aliphatic hydroxyl groups is 1. The van der Waals surface area contributed by atoms with Crippen molar-refractivity contribution in [2.45, 2.75) is 251 Å². The van der Waals surface area contributed by atoms with Crippen molar-refractivity contribution in [3.63, 3.8) is 0 Å². The molecule has 0 saturated carbocycles. The SMILES string of the molecule is CCCCCCCC/C=C/CCCCCCCCCCCC(=O)OCC(CO)OC(=O)CCCCCCCCCCC/C=C/CCCCCCCC. The number of hydrogen-bond donors (Lipinski definition) is 1. The van der Waals surface area contributed by atoms with Crippen molar-refractivity contribution in [3.05, 3.63) is 24.3 Å². The highest BCUT2D eigenvalue weighted by atomic mass is 16.6. The van der Waals surface area contributed by atoms with Gasteiger partial charge in [0.05, 0.1) is 6.61 Å². The Hall–Kier alpha value is -1.62. The highest BCUT2D eigenvalue weighted by Crippen LogP contribution is 2.15. The van der Waals surface area contributed by atoms with E-state index in [-0.39, 0.29) is 25.2 Å². The fourth-order valence-corrected chi connectivity index (χ4v) is 6.72. The van der Waals surface area contributed by atoms with Crippen LogP contribution in [-0.4, -0.2) is 36.4 Å². The Morgan fingerprint density at radius 1 is 0.423 bits per heavy atom. The first-order valence-electron chi connectivity index (χ1n) is 22.9. The van der Waals surface area contributed by atoms with Gasteiger partial charge in [0.15, 0.2) is 6.10 Å². The van der Waals surface area contributed by atoms with Gasteiger partial charge in [-0.3, -0.25) is 9.59 Å². The minimum atomic E-state index is -0.770. The van der Waals surface area contributed by atoms with E-state index in [2.05, 4.69) is 38.2 Å². The zero-order chi connectivity index (χ0) is 37.8. The Balaban J connectivity index is 3.50. The van der Waals surface area contributed by atoms with Crippen molar-refractivity contribution in [1.29, 1.82) is 0 Å². The molecule has 0 amide bonds. The summed E-state index contributed by atoms with van der Waals surface area (Å²) in [7, 11) is 0. The van der Waals surface area contributed by atoms with Crippen LogP contribution in [0.15, 0.2) is 24.3 Å². The molecule has 0 aliphatic heterocycles. The summed E-state index contributed by atoms with van der Waals surface area (Å²) in [6, 6.07) is 0. The molecule has 0 bridgehead atoms. The van der Waals surface area contributed by atoms with Crippen LogP contribution in [0.25, 0.3) is 0 Å². The Morgan fingerprint density at radius 2 is 0.712 bits per heavy atom. The van der Waals surface area contributed by atoms with Gasteiger partial charge in [0.2, 0.25) is 0 Å². The summed E-state index contributed by atoms with van der Waals surface area (Å²) in [5, 5.41) is 9.59. The van der Waals surface area contributed by atoms with Gasteiger partial charge in [-0.15, -0.1) is 0 Å². The first-order valence-corrected chi connectivity index (χ1v) is 22.9. The zero-order valence-electron chi connectivity index (χ0n) is 34.8. The van der Waals surface area contributed by atoms with Crippen LogP contribution in [0.1, 0.15) is 245 Å². The van der Waals surface area contributed by atoms with Gasteiger partial charge >= 0.3 is 11.9 Å². The average molecular weight is 733 g/mol. The number of esters is 2. The Morgan fingerprint density at radius 3 is 1.04 bits per heavy atom. The van der Waals surface area contributed by atoms with Gasteiger partial charge in [-0.05, 0) is 64.2 Å². The van der Waals surface area contributed by atoms with Gasteiger partial charge < -0.3 is 14.6 Å². The molecule has 1 unspecified atom stereocenters. The zero-order valence-corrected chi connectivity index (χ0v) is 34.8. The summed E-state index contributed by atoms with van der Waals surface area (Å²) in [5.41, 5.74) is 0. The van der Waals surface area contributed by atoms with Crippen molar-refractivity contribution in [2.75, 3.05) is 13.2 Å². The van der Waals surface area contributed by atoms with Gasteiger partial charge in [0.25, 0.3) is 0 Å². The van der Waals surface area contributed by atoms with E-state index < -0.39 is 6.10 Å². The molecular weight excluding hydrogens is 645 g/mol. The summed E-state index contributed by atoms with van der Waals surface area (Å²) in [6.45, 7) is 4.15. The highest BCUT2D eigenvalue weighted by Gasteiger charge is 2.16. The second-order valence-electron chi connectivity index (χ2n) is 15.5. The Bertz CT molecular complexity index is 791. The third-order valence-electron chi connectivity index (χ3n) is 10.2. The molecule has 1 atom stereocenters. The van der Waals surface area contributed by atoms with Crippen LogP contribution in [0, 0.1) is 0 Å². The van der Waals surface area contributed by atoms with Crippen LogP contribution in [-0.2, 0) is 19.1 Å². The lowest BCUT2D eigenvalue weighted by molar-refractivity contribution is -0.161. The third-order valence-corrected chi connectivity index (χ3v) is 10.2. The molecule has 52 heavy (non-hydrogen) atoms. The summed E-state index contributed by atoms with van der Waals surface area (Å²) >= 11 is 0. The third kappa shape index (κ3) is 41.1. The lowest BCUT2D eigenvalue weighted by atomic mass is 10.1. The van der Waals surface area contributed by atoms with Crippen molar-refractivity contribution in [1.82, 2.24) is 0 Å². The van der Waals surface area contributed by atoms with E-state index in [1.165, 1.54) is 180 Å². The maximum Gasteiger partial charge on any atom is 0.306 e. The molecule has 5 heteroatoms. The minimum Gasteiger partial charge on any atom is -0.462 e. The topological polar surface area (TPSA) is 72.8 Å². The van der Waals surface area contributed by atoms with Crippen molar-refractivity contribution >= 4 is 11.9 Å². The van der Waals surface area contributed by atoms with E-state index in [1.54, 1.807) is 0 Å². The molecule has 0 saturated heterocycles. The van der Waals surface area contributed by atoms with Crippen molar-refractivity contribution in [3.8, 4) is 0 Å². The van der Waals surface area contributed by atoms with E-state index in [9.17, 15) is 14.7 Å². The summed E-state index contributed by atoms with van der Waals surface area (Å²) < 4.78 is 10.7. The predicted octanol–water partition coefficient (Wildman–Crippen LogP) is 14.6. The molecule has 0 aromatic carbocycles. The fourth-order valence-electron chi connectivity index (χ4n) is 6.72. The standard InChI is InChI=1S/C47H88O5/c1-3-5-7-9-11-13-15-17-19-21-23-25-27-29-31-33-35-37-39-41-46(49)51-44-45(43-48)52-47(50)42-40-38-36-34-32-30-28-26-24-22-20-18-16-14-12-10-8-6-4-2/h17-20,45,48H,3-16,21-44H2,1-2H3/b19-17+,20-18+. The smallest absolute Gasteiger partial charge is 0.306 e. The van der Waals surface area contributed by atoms with Crippen LogP contribution in [0.2, 0.25) is 0 Å². The fraction of sp³-hybridized carbons (Fsp3) is 0.872. The van der Waals surface area contributed by atoms with Crippen LogP contribution in [0.4, 0.5) is 0 Å². The van der Waals surface area contributed by atoms with E-state index >= 15 is 0 Å². The molecule has 0 aromatic heterocycles. The number of hydrogen-bond acceptors (Lipinski definition) is 5. The number of rotatable bonds is 42. The van der Waals surface area contributed by atoms with Crippen LogP contribution in [0.3, 0.4) is 0 Å². The summed E-state index contributed by atoms with van der Waals surface area (Å²) in [4.78, 5) is 24.4. The number of carbonyl (C=O) groups excluding carboxylic acids is 2. The Kier molecular flexibility index (Phi) is 42.4. The van der Waals surface area contributed by atoms with Crippen LogP contribution < -0.4 is 0 Å². The van der Waals surface area contributed by atoms with E-state index in [1.807, 2.05) is 0 Å². The molecule has 0 rings (SSSR count). The minimum absolute atomic E-state index is 0.0640. The number of aliphatic hydroxyl groups excluding tert-OH is 1. The summed E-state index contributed by atoms with van der Waals surface area (Å²) in [6.07, 6.45) is 52.5. The highest BCUT2D eigenvalue weighted by molar-refractivity contribution is 5.70. The monoisotopic (exact) mass is 733 g/mol. The molecule has 306 valence electrons. The van der Waals surface area contributed by atoms with E-state index in [0.29, 0.717) is 12.8 Å². The van der Waals surface area contributed by atoms with Crippen LogP contribution >= 0.6 is 0 Å². The molecule has 5 nitrogen and oxygen atoms in total. The first-order chi connectivity index (χ1) is 25.6. The van der Waals surface area contributed by atoms with E-state index in [4.69, 9.17) is 9.47 Å². The molecule has 0 aliphatic carbocycles. The molecule has 0 aromatic rings. The number of allylic oxidation sites excluding steroid dienone is 4. The lowest BCUT2D eigenvalue weighted by Gasteiger charge is -2.15. The molecular formula is C47H88O5. The molecule has 0 spiro atoms. The lowest BCUT2D eigenvalue weighted by Crippen LogP contribution is -2.28. The van der Waals surface area contributed by atoms with Gasteiger partial charge in [-0.2, -0.15) is 0 Å². The first kappa shape index (κ1) is 50.4. The predicted molar refractivity (Wildman–Crippen MR) is 224 cm³/mol. The average Bonchev–Trinajstić information content (AvgIpc) is 3.15. The van der Waals surface area contributed by atoms with Crippen molar-refractivity contribution in [2.24, 2.45) is 0 Å². The van der Waals surface area contributed by atoms with Crippen LogP contribution in [0.5, 0.6) is 0 Å². The molecule has 0 heterocycles. The van der Waals surface area contributed by atoms with E-state index in [0.717, 1.165) is 38.5 Å². The summed E-state index contributed by atoms with van der Waals surface area (Å²) in [5.74, 6) is -0.585. The largest absolute Gasteiger partial charge is 0.462 e. The molecule has 1 N–H and O–H groups in total. The number of carbonyl (C=O) groups is 2. The second kappa shape index (κ2) is 43.8. The molecule has 0 fully saturated rings. The maximum atomic E-state index is 12.2. The number of unbranched alkanes of at least 4 members (excludes halogenated alkanes) is 30. The van der Waals surface area contributed by atoms with Gasteiger partial charge in [-0.1, -0.05) is 192 Å². The van der Waals surface area contributed by atoms with Crippen molar-refractivity contribution < 1.29 is 24.2 Å². The Labute approximate surface area is 323 Å². The normalized spacial score (nSPS) is 12.3. The van der Waals surface area contributed by atoms with Gasteiger partial charge in [-0.25, -0.2) is 0 Å².